The number of nitrogens with two attached hydrogens (primary N) is 1. The highest BCUT2D eigenvalue weighted by Crippen LogP contribution is 2.23. The van der Waals surface area contributed by atoms with Crippen molar-refractivity contribution >= 4 is 15.7 Å². The fourth-order valence-corrected chi connectivity index (χ4v) is 3.61. The Hall–Kier alpha value is -1.92. The monoisotopic (exact) mass is 308 g/mol. The lowest BCUT2D eigenvalue weighted by molar-refractivity contribution is 0.422. The standard InChI is InChI=1S/C15H17FN2O2S/c1-2-18(11-12-6-5-7-13(16)10-12)21(19,20)15-9-4-3-8-14(15)17/h3-10H,2,11,17H2,1H3. The molecule has 0 aliphatic carbocycles. The van der Waals surface area contributed by atoms with Crippen LogP contribution in [-0.2, 0) is 16.6 Å². The van der Waals surface area contributed by atoms with Gasteiger partial charge in [0.2, 0.25) is 10.0 Å². The minimum Gasteiger partial charge on any atom is -0.398 e. The highest BCUT2D eigenvalue weighted by Gasteiger charge is 2.25. The maximum atomic E-state index is 13.2. The molecule has 4 nitrogen and oxygen atoms in total. The normalized spacial score (nSPS) is 11.8. The number of para-hydroxylation sites is 1. The van der Waals surface area contributed by atoms with E-state index in [0.29, 0.717) is 5.56 Å². The van der Waals surface area contributed by atoms with Gasteiger partial charge in [0.25, 0.3) is 0 Å². The molecule has 0 amide bonds. The van der Waals surface area contributed by atoms with Gasteiger partial charge in [-0.3, -0.25) is 0 Å². The topological polar surface area (TPSA) is 63.4 Å². The molecular formula is C15H17FN2O2S. The van der Waals surface area contributed by atoms with Crippen molar-refractivity contribution in [3.05, 3.63) is 59.9 Å². The van der Waals surface area contributed by atoms with Crippen molar-refractivity contribution in [1.82, 2.24) is 4.31 Å². The summed E-state index contributed by atoms with van der Waals surface area (Å²) in [6.07, 6.45) is 0. The van der Waals surface area contributed by atoms with Crippen LogP contribution in [0.25, 0.3) is 0 Å². The zero-order valence-electron chi connectivity index (χ0n) is 11.7. The molecule has 0 aromatic heterocycles. The van der Waals surface area contributed by atoms with Crippen molar-refractivity contribution in [2.75, 3.05) is 12.3 Å². The summed E-state index contributed by atoms with van der Waals surface area (Å²) < 4.78 is 39.7. The molecule has 2 N–H and O–H groups in total. The largest absolute Gasteiger partial charge is 0.398 e. The van der Waals surface area contributed by atoms with Crippen molar-refractivity contribution in [3.63, 3.8) is 0 Å². The predicted molar refractivity (Wildman–Crippen MR) is 80.5 cm³/mol. The first kappa shape index (κ1) is 15.5. The van der Waals surface area contributed by atoms with Gasteiger partial charge in [0, 0.05) is 13.1 Å². The lowest BCUT2D eigenvalue weighted by atomic mass is 10.2. The zero-order chi connectivity index (χ0) is 15.5. The summed E-state index contributed by atoms with van der Waals surface area (Å²) in [7, 11) is -3.71. The fraction of sp³-hybridized carbons (Fsp3) is 0.200. The van der Waals surface area contributed by atoms with Crippen LogP contribution in [0, 0.1) is 5.82 Å². The number of benzene rings is 2. The van der Waals surface area contributed by atoms with Crippen LogP contribution < -0.4 is 5.73 Å². The summed E-state index contributed by atoms with van der Waals surface area (Å²) in [5, 5.41) is 0. The Kier molecular flexibility index (Phi) is 4.59. The van der Waals surface area contributed by atoms with Gasteiger partial charge >= 0.3 is 0 Å². The average molecular weight is 308 g/mol. The number of nitrogens with zero attached hydrogens (tertiary/aromatic N) is 1. The van der Waals surface area contributed by atoms with Crippen molar-refractivity contribution < 1.29 is 12.8 Å². The molecule has 0 unspecified atom stereocenters. The molecule has 0 atom stereocenters. The van der Waals surface area contributed by atoms with E-state index in [9.17, 15) is 12.8 Å². The predicted octanol–water partition coefficient (Wildman–Crippen LogP) is 2.62. The fourth-order valence-electron chi connectivity index (χ4n) is 2.06. The summed E-state index contributed by atoms with van der Waals surface area (Å²) >= 11 is 0. The Morgan fingerprint density at radius 2 is 1.86 bits per heavy atom. The molecule has 21 heavy (non-hydrogen) atoms. The van der Waals surface area contributed by atoms with E-state index < -0.39 is 10.0 Å². The van der Waals surface area contributed by atoms with Crippen LogP contribution in [0.4, 0.5) is 10.1 Å². The third-order valence-corrected chi connectivity index (χ3v) is 5.13. The van der Waals surface area contributed by atoms with E-state index in [4.69, 9.17) is 5.73 Å². The molecule has 0 heterocycles. The second-order valence-corrected chi connectivity index (χ2v) is 6.51. The lowest BCUT2D eigenvalue weighted by Gasteiger charge is -2.21. The molecule has 0 aliphatic rings. The van der Waals surface area contributed by atoms with Gasteiger partial charge in [-0.1, -0.05) is 31.2 Å². The molecule has 0 bridgehead atoms. The Labute approximate surface area is 124 Å². The highest BCUT2D eigenvalue weighted by molar-refractivity contribution is 7.89. The smallest absolute Gasteiger partial charge is 0.245 e. The average Bonchev–Trinajstić information content (AvgIpc) is 2.45. The van der Waals surface area contributed by atoms with Crippen LogP contribution in [0.15, 0.2) is 53.4 Å². The number of hydrogen-bond acceptors (Lipinski definition) is 3. The third kappa shape index (κ3) is 3.40. The van der Waals surface area contributed by atoms with Gasteiger partial charge in [0.1, 0.15) is 10.7 Å². The van der Waals surface area contributed by atoms with E-state index in [-0.39, 0.29) is 29.5 Å². The summed E-state index contributed by atoms with van der Waals surface area (Å²) in [4.78, 5) is 0.0725. The van der Waals surface area contributed by atoms with Gasteiger partial charge < -0.3 is 5.73 Å². The first-order chi connectivity index (χ1) is 9.95. The van der Waals surface area contributed by atoms with Gasteiger partial charge in [-0.15, -0.1) is 0 Å². The second kappa shape index (κ2) is 6.24. The van der Waals surface area contributed by atoms with Crippen LogP contribution >= 0.6 is 0 Å². The van der Waals surface area contributed by atoms with Gasteiger partial charge in [-0.2, -0.15) is 4.31 Å². The molecule has 0 saturated carbocycles. The molecule has 0 spiro atoms. The first-order valence-electron chi connectivity index (χ1n) is 6.54. The molecule has 6 heteroatoms. The van der Waals surface area contributed by atoms with E-state index >= 15 is 0 Å². The van der Waals surface area contributed by atoms with Crippen LogP contribution in [-0.4, -0.2) is 19.3 Å². The van der Waals surface area contributed by atoms with E-state index in [0.717, 1.165) is 0 Å². The Bertz CT molecular complexity index is 732. The van der Waals surface area contributed by atoms with Crippen LogP contribution in [0.3, 0.4) is 0 Å². The molecule has 2 rings (SSSR count). The quantitative estimate of drug-likeness (QED) is 0.864. The van der Waals surface area contributed by atoms with Gasteiger partial charge in [-0.25, -0.2) is 12.8 Å². The zero-order valence-corrected chi connectivity index (χ0v) is 12.5. The Morgan fingerprint density at radius 1 is 1.14 bits per heavy atom. The van der Waals surface area contributed by atoms with Crippen LogP contribution in [0.2, 0.25) is 0 Å². The van der Waals surface area contributed by atoms with Crippen molar-refractivity contribution in [1.29, 1.82) is 0 Å². The number of halogens is 1. The maximum absolute atomic E-state index is 13.2. The first-order valence-corrected chi connectivity index (χ1v) is 7.98. The molecule has 2 aromatic rings. The molecule has 0 aliphatic heterocycles. The van der Waals surface area contributed by atoms with Crippen LogP contribution in [0.5, 0.6) is 0 Å². The maximum Gasteiger partial charge on any atom is 0.245 e. The molecule has 112 valence electrons. The van der Waals surface area contributed by atoms with Crippen molar-refractivity contribution in [2.24, 2.45) is 0 Å². The third-order valence-electron chi connectivity index (χ3n) is 3.14. The second-order valence-electron chi connectivity index (χ2n) is 4.60. The van der Waals surface area contributed by atoms with E-state index in [1.807, 2.05) is 0 Å². The summed E-state index contributed by atoms with van der Waals surface area (Å²) in [6.45, 7) is 2.11. The highest BCUT2D eigenvalue weighted by atomic mass is 32.2. The van der Waals surface area contributed by atoms with E-state index in [1.165, 1.54) is 22.5 Å². The molecular weight excluding hydrogens is 291 g/mol. The number of rotatable bonds is 5. The van der Waals surface area contributed by atoms with Crippen molar-refractivity contribution in [3.8, 4) is 0 Å². The SMILES string of the molecule is CCN(Cc1cccc(F)c1)S(=O)(=O)c1ccccc1N. The molecule has 0 radical (unpaired) electrons. The number of sulfonamides is 1. The van der Waals surface area contributed by atoms with E-state index in [1.54, 1.807) is 37.3 Å². The van der Waals surface area contributed by atoms with Gasteiger partial charge in [0.15, 0.2) is 0 Å². The number of anilines is 1. The summed E-state index contributed by atoms with van der Waals surface area (Å²) in [5.74, 6) is -0.389. The molecule has 0 fully saturated rings. The van der Waals surface area contributed by atoms with Crippen LogP contribution in [0.1, 0.15) is 12.5 Å². The minimum atomic E-state index is -3.71. The Morgan fingerprint density at radius 3 is 2.48 bits per heavy atom. The van der Waals surface area contributed by atoms with Crippen molar-refractivity contribution in [2.45, 2.75) is 18.4 Å². The molecule has 0 saturated heterocycles. The van der Waals surface area contributed by atoms with Gasteiger partial charge in [0.05, 0.1) is 5.69 Å². The minimum absolute atomic E-state index is 0.0725. The summed E-state index contributed by atoms with van der Waals surface area (Å²) in [5.41, 5.74) is 6.55. The van der Waals surface area contributed by atoms with E-state index in [2.05, 4.69) is 0 Å². The lowest BCUT2D eigenvalue weighted by Crippen LogP contribution is -2.31. The Balaban J connectivity index is 2.35. The van der Waals surface area contributed by atoms with Gasteiger partial charge in [-0.05, 0) is 29.8 Å². The summed E-state index contributed by atoms with van der Waals surface area (Å²) in [6, 6.07) is 12.2. The molecule has 2 aromatic carbocycles. The number of hydrogen-bond donors (Lipinski definition) is 1. The number of nitrogen functional groups attached to an aromatic ring is 1.